The van der Waals surface area contributed by atoms with E-state index in [4.69, 9.17) is 5.26 Å². The number of hydrogen-bond donors (Lipinski definition) is 0. The second-order valence-corrected chi connectivity index (χ2v) is 7.95. The molecule has 3 heteroatoms. The van der Waals surface area contributed by atoms with Crippen molar-refractivity contribution in [1.29, 1.82) is 5.26 Å². The molecule has 0 heterocycles. The van der Waals surface area contributed by atoms with E-state index in [0.717, 1.165) is 34.9 Å². The third-order valence-electron chi connectivity index (χ3n) is 5.05. The molecule has 2 atom stereocenters. The van der Waals surface area contributed by atoms with Crippen LogP contribution in [0.2, 0.25) is 0 Å². The number of hydrogen-bond acceptors (Lipinski definition) is 2. The fourth-order valence-electron chi connectivity index (χ4n) is 3.25. The fourth-order valence-corrected chi connectivity index (χ4v) is 3.64. The number of allylic oxidation sites excluding steroid dienone is 2. The molecule has 0 aromatic heterocycles. The Kier molecular flexibility index (Phi) is 7.19. The van der Waals surface area contributed by atoms with Gasteiger partial charge in [-0.05, 0) is 85.8 Å². The number of benzene rings is 2. The van der Waals surface area contributed by atoms with Gasteiger partial charge in [0.05, 0.1) is 4.90 Å². The number of aryl methyl sites for hydroxylation is 1. The van der Waals surface area contributed by atoms with Gasteiger partial charge in [-0.2, -0.15) is 5.26 Å². The van der Waals surface area contributed by atoms with Crippen LogP contribution in [0, 0.1) is 58.9 Å². The average molecular weight is 400 g/mol. The van der Waals surface area contributed by atoms with Crippen LogP contribution in [0.4, 0.5) is 4.39 Å². The summed E-state index contributed by atoms with van der Waals surface area (Å²) in [6.07, 6.45) is 8.11. The van der Waals surface area contributed by atoms with Crippen LogP contribution in [-0.4, -0.2) is 0 Å². The zero-order chi connectivity index (χ0) is 20.6. The molecule has 0 aliphatic heterocycles. The molecular weight excluding hydrogens is 377 g/mol. The number of thioether (sulfide) groups is 1. The molecule has 0 spiro atoms. The number of thiocyanates is 1. The highest BCUT2D eigenvalue weighted by molar-refractivity contribution is 8.03. The van der Waals surface area contributed by atoms with Crippen molar-refractivity contribution in [2.24, 2.45) is 11.8 Å². The fraction of sp³-hybridized carbons (Fsp3) is 0.269. The number of rotatable bonds is 2. The van der Waals surface area contributed by atoms with E-state index in [1.54, 1.807) is 12.1 Å². The van der Waals surface area contributed by atoms with Gasteiger partial charge < -0.3 is 0 Å². The molecule has 0 saturated carbocycles. The lowest BCUT2D eigenvalue weighted by Gasteiger charge is -2.17. The largest absolute Gasteiger partial charge is 0.206 e. The second-order valence-electron chi connectivity index (χ2n) is 7.12. The van der Waals surface area contributed by atoms with E-state index in [0.29, 0.717) is 22.3 Å². The standard InChI is InChI=1S/C26H22FNS/c1-3-20-4-6-21(7-5-20)8-9-22-10-13-24(19(2)16-22)14-11-23-12-15-26(29-18-28)25(27)17-23/h4,6,10,12-13,15-17,20-21H,3,5,7H2,1-2H3. The maximum absolute atomic E-state index is 13.9. The highest BCUT2D eigenvalue weighted by Gasteiger charge is 2.12. The molecule has 1 nitrogen and oxygen atoms in total. The molecule has 3 rings (SSSR count). The van der Waals surface area contributed by atoms with E-state index in [1.165, 1.54) is 18.9 Å². The van der Waals surface area contributed by atoms with Gasteiger partial charge in [0.15, 0.2) is 0 Å². The highest BCUT2D eigenvalue weighted by Crippen LogP contribution is 2.24. The van der Waals surface area contributed by atoms with Crippen LogP contribution in [0.5, 0.6) is 0 Å². The summed E-state index contributed by atoms with van der Waals surface area (Å²) in [5.41, 5.74) is 3.52. The molecule has 0 bridgehead atoms. The first-order valence-corrected chi connectivity index (χ1v) is 10.6. The first-order chi connectivity index (χ1) is 14.1. The smallest absolute Gasteiger partial charge is 0.139 e. The van der Waals surface area contributed by atoms with Crippen molar-refractivity contribution < 1.29 is 4.39 Å². The van der Waals surface area contributed by atoms with Crippen LogP contribution in [0.1, 0.15) is 48.4 Å². The maximum Gasteiger partial charge on any atom is 0.139 e. The summed E-state index contributed by atoms with van der Waals surface area (Å²) in [6, 6.07) is 10.7. The Bertz CT molecular complexity index is 1090. The Morgan fingerprint density at radius 1 is 1.03 bits per heavy atom. The molecule has 2 aromatic carbocycles. The first-order valence-electron chi connectivity index (χ1n) is 9.77. The summed E-state index contributed by atoms with van der Waals surface area (Å²) < 4.78 is 13.9. The predicted octanol–water partition coefficient (Wildman–Crippen LogP) is 6.45. The zero-order valence-electron chi connectivity index (χ0n) is 16.6. The van der Waals surface area contributed by atoms with Crippen molar-refractivity contribution in [3.05, 3.63) is 76.6 Å². The van der Waals surface area contributed by atoms with Crippen LogP contribution in [-0.2, 0) is 0 Å². The van der Waals surface area contributed by atoms with Crippen molar-refractivity contribution in [3.63, 3.8) is 0 Å². The van der Waals surface area contributed by atoms with Crippen molar-refractivity contribution in [2.75, 3.05) is 0 Å². The molecule has 0 radical (unpaired) electrons. The van der Waals surface area contributed by atoms with E-state index in [2.05, 4.69) is 42.8 Å². The van der Waals surface area contributed by atoms with Crippen molar-refractivity contribution in [3.8, 4) is 29.1 Å². The third-order valence-corrected chi connectivity index (χ3v) is 5.69. The monoisotopic (exact) mass is 399 g/mol. The van der Waals surface area contributed by atoms with Gasteiger partial charge in [-0.1, -0.05) is 42.8 Å². The van der Waals surface area contributed by atoms with E-state index >= 15 is 0 Å². The molecule has 1 aliphatic rings. The first kappa shape index (κ1) is 20.8. The molecule has 2 unspecified atom stereocenters. The molecule has 2 aromatic rings. The molecule has 0 amide bonds. The van der Waals surface area contributed by atoms with Crippen LogP contribution in [0.15, 0.2) is 53.4 Å². The lowest BCUT2D eigenvalue weighted by molar-refractivity contribution is 0.493. The minimum atomic E-state index is -0.423. The summed E-state index contributed by atoms with van der Waals surface area (Å²) >= 11 is 0.810. The van der Waals surface area contributed by atoms with Crippen LogP contribution in [0.25, 0.3) is 0 Å². The number of halogens is 1. The molecule has 1 aliphatic carbocycles. The van der Waals surface area contributed by atoms with Gasteiger partial charge in [0.25, 0.3) is 0 Å². The van der Waals surface area contributed by atoms with Gasteiger partial charge in [0, 0.05) is 22.6 Å². The Hall–Kier alpha value is -2.93. The van der Waals surface area contributed by atoms with Crippen molar-refractivity contribution in [1.82, 2.24) is 0 Å². The summed E-state index contributed by atoms with van der Waals surface area (Å²) in [4.78, 5) is 0.315. The van der Waals surface area contributed by atoms with E-state index in [-0.39, 0.29) is 0 Å². The highest BCUT2D eigenvalue weighted by atomic mass is 32.2. The normalized spacial score (nSPS) is 17.4. The average Bonchev–Trinajstić information content (AvgIpc) is 2.74. The zero-order valence-corrected chi connectivity index (χ0v) is 17.4. The topological polar surface area (TPSA) is 23.8 Å². The lowest BCUT2D eigenvalue weighted by Crippen LogP contribution is -2.06. The SMILES string of the molecule is CCC1C=CC(C#Cc2ccc(C#Cc3ccc(SC#N)c(F)c3)c(C)c2)CC1. The molecule has 0 saturated heterocycles. The van der Waals surface area contributed by atoms with Crippen molar-refractivity contribution in [2.45, 2.75) is 38.0 Å². The van der Waals surface area contributed by atoms with Gasteiger partial charge in [-0.15, -0.1) is 0 Å². The lowest BCUT2D eigenvalue weighted by atomic mass is 9.87. The Morgan fingerprint density at radius 3 is 2.48 bits per heavy atom. The van der Waals surface area contributed by atoms with Gasteiger partial charge >= 0.3 is 0 Å². The molecule has 0 N–H and O–H groups in total. The third kappa shape index (κ3) is 5.77. The summed E-state index contributed by atoms with van der Waals surface area (Å²) in [5, 5.41) is 10.5. The minimum Gasteiger partial charge on any atom is -0.206 e. The maximum atomic E-state index is 13.9. The number of nitriles is 1. The van der Waals surface area contributed by atoms with E-state index < -0.39 is 5.82 Å². The quantitative estimate of drug-likeness (QED) is 0.251. The van der Waals surface area contributed by atoms with Gasteiger partial charge in [0.1, 0.15) is 11.2 Å². The molecule has 144 valence electrons. The summed E-state index contributed by atoms with van der Waals surface area (Å²) in [6.45, 7) is 4.24. The van der Waals surface area contributed by atoms with Crippen LogP contribution in [0.3, 0.4) is 0 Å². The van der Waals surface area contributed by atoms with E-state index in [1.807, 2.05) is 30.5 Å². The van der Waals surface area contributed by atoms with Crippen LogP contribution < -0.4 is 0 Å². The van der Waals surface area contributed by atoms with Gasteiger partial charge in [-0.3, -0.25) is 0 Å². The molecule has 0 fully saturated rings. The molecular formula is C26H22FNS. The van der Waals surface area contributed by atoms with Gasteiger partial charge in [0.2, 0.25) is 0 Å². The predicted molar refractivity (Wildman–Crippen MR) is 118 cm³/mol. The second kappa shape index (κ2) is 10.0. The Morgan fingerprint density at radius 2 is 1.83 bits per heavy atom. The summed E-state index contributed by atoms with van der Waals surface area (Å²) in [7, 11) is 0. The number of nitrogens with zero attached hydrogens (tertiary/aromatic N) is 1. The molecule has 29 heavy (non-hydrogen) atoms. The Labute approximate surface area is 177 Å². The summed E-state index contributed by atoms with van der Waals surface area (Å²) in [5.74, 6) is 13.4. The Balaban J connectivity index is 1.72. The minimum absolute atomic E-state index is 0.315. The van der Waals surface area contributed by atoms with Crippen molar-refractivity contribution >= 4 is 11.8 Å². The van der Waals surface area contributed by atoms with Crippen LogP contribution >= 0.6 is 11.8 Å². The van der Waals surface area contributed by atoms with E-state index in [9.17, 15) is 4.39 Å². The van der Waals surface area contributed by atoms with Gasteiger partial charge in [-0.25, -0.2) is 4.39 Å².